The molecule has 1 N–H and O–H groups in total. The zero-order valence-electron chi connectivity index (χ0n) is 10.5. The van der Waals surface area contributed by atoms with E-state index in [2.05, 4.69) is 23.3 Å². The van der Waals surface area contributed by atoms with Gasteiger partial charge in [0.25, 0.3) is 0 Å². The van der Waals surface area contributed by atoms with Gasteiger partial charge < -0.3 is 5.32 Å². The van der Waals surface area contributed by atoms with Crippen LogP contribution in [-0.2, 0) is 0 Å². The van der Waals surface area contributed by atoms with Gasteiger partial charge in [-0.2, -0.15) is 5.26 Å². The normalized spacial score (nSPS) is 16.3. The van der Waals surface area contributed by atoms with Gasteiger partial charge >= 0.3 is 0 Å². The van der Waals surface area contributed by atoms with Crippen LogP contribution in [0.4, 0.5) is 5.82 Å². The molecule has 90 valence electrons. The van der Waals surface area contributed by atoms with Crippen LogP contribution in [0.1, 0.15) is 43.9 Å². The smallest absolute Gasteiger partial charge is 0.127 e. The summed E-state index contributed by atoms with van der Waals surface area (Å²) in [5, 5.41) is 12.4. The van der Waals surface area contributed by atoms with E-state index in [0.29, 0.717) is 11.6 Å². The van der Waals surface area contributed by atoms with E-state index < -0.39 is 0 Å². The highest BCUT2D eigenvalue weighted by Crippen LogP contribution is 2.34. The van der Waals surface area contributed by atoms with Crippen LogP contribution in [0.2, 0.25) is 0 Å². The highest BCUT2D eigenvalue weighted by molar-refractivity contribution is 5.44. The van der Waals surface area contributed by atoms with Crippen molar-refractivity contribution in [1.82, 2.24) is 4.98 Å². The SMILES string of the molecule is CCC(CC1CC1)Nc1cc(C#N)cc(C)n1. The van der Waals surface area contributed by atoms with Crippen molar-refractivity contribution in [3.63, 3.8) is 0 Å². The van der Waals surface area contributed by atoms with Crippen LogP contribution < -0.4 is 5.32 Å². The third kappa shape index (κ3) is 3.45. The van der Waals surface area contributed by atoms with Crippen molar-refractivity contribution >= 4 is 5.82 Å². The molecule has 0 spiro atoms. The molecule has 0 aromatic carbocycles. The molecule has 1 saturated carbocycles. The van der Waals surface area contributed by atoms with Crippen LogP contribution in [0.15, 0.2) is 12.1 Å². The number of aryl methyl sites for hydroxylation is 1. The Hall–Kier alpha value is -1.56. The quantitative estimate of drug-likeness (QED) is 0.843. The number of pyridine rings is 1. The first-order valence-electron chi connectivity index (χ1n) is 6.36. The molecule has 1 aliphatic carbocycles. The van der Waals surface area contributed by atoms with Crippen LogP contribution in [0.5, 0.6) is 0 Å². The van der Waals surface area contributed by atoms with E-state index in [9.17, 15) is 0 Å². The second-order valence-electron chi connectivity index (χ2n) is 4.92. The minimum atomic E-state index is 0.489. The summed E-state index contributed by atoms with van der Waals surface area (Å²) in [7, 11) is 0. The lowest BCUT2D eigenvalue weighted by Crippen LogP contribution is -2.20. The average molecular weight is 229 g/mol. The number of aromatic nitrogens is 1. The molecule has 3 nitrogen and oxygen atoms in total. The molecule has 1 unspecified atom stereocenters. The molecule has 0 saturated heterocycles. The maximum absolute atomic E-state index is 8.93. The topological polar surface area (TPSA) is 48.7 Å². The van der Waals surface area contributed by atoms with Crippen LogP contribution in [0.3, 0.4) is 0 Å². The van der Waals surface area contributed by atoms with E-state index in [-0.39, 0.29) is 0 Å². The predicted octanol–water partition coefficient (Wildman–Crippen LogP) is 3.25. The molecule has 2 rings (SSSR count). The first-order chi connectivity index (χ1) is 8.21. The Labute approximate surface area is 103 Å². The number of nitriles is 1. The van der Waals surface area contributed by atoms with Crippen molar-refractivity contribution in [3.8, 4) is 6.07 Å². The van der Waals surface area contributed by atoms with E-state index >= 15 is 0 Å². The van der Waals surface area contributed by atoms with Gasteiger partial charge in [0, 0.05) is 11.7 Å². The number of nitrogens with one attached hydrogen (secondary N) is 1. The zero-order chi connectivity index (χ0) is 12.3. The van der Waals surface area contributed by atoms with E-state index in [1.165, 1.54) is 19.3 Å². The monoisotopic (exact) mass is 229 g/mol. The molecule has 1 atom stereocenters. The first kappa shape index (κ1) is 11.9. The van der Waals surface area contributed by atoms with E-state index in [0.717, 1.165) is 23.9 Å². The Morgan fingerprint density at radius 3 is 2.88 bits per heavy atom. The summed E-state index contributed by atoms with van der Waals surface area (Å²) in [4.78, 5) is 4.44. The average Bonchev–Trinajstić information content (AvgIpc) is 3.11. The number of hydrogen-bond donors (Lipinski definition) is 1. The van der Waals surface area contributed by atoms with Gasteiger partial charge in [0.2, 0.25) is 0 Å². The van der Waals surface area contributed by atoms with Gasteiger partial charge in [0.05, 0.1) is 11.6 Å². The second kappa shape index (κ2) is 5.18. The summed E-state index contributed by atoms with van der Waals surface area (Å²) < 4.78 is 0. The first-order valence-corrected chi connectivity index (χ1v) is 6.36. The molecule has 1 aromatic heterocycles. The lowest BCUT2D eigenvalue weighted by Gasteiger charge is -2.17. The van der Waals surface area contributed by atoms with Crippen LogP contribution in [0, 0.1) is 24.2 Å². The fraction of sp³-hybridized carbons (Fsp3) is 0.571. The maximum atomic E-state index is 8.93. The number of anilines is 1. The lowest BCUT2D eigenvalue weighted by atomic mass is 10.1. The highest BCUT2D eigenvalue weighted by Gasteiger charge is 2.24. The molecular formula is C14H19N3. The van der Waals surface area contributed by atoms with Crippen molar-refractivity contribution in [1.29, 1.82) is 5.26 Å². The predicted molar refractivity (Wildman–Crippen MR) is 68.7 cm³/mol. The summed E-state index contributed by atoms with van der Waals surface area (Å²) in [6.07, 6.45) is 5.09. The van der Waals surface area contributed by atoms with Crippen LogP contribution >= 0.6 is 0 Å². The summed E-state index contributed by atoms with van der Waals surface area (Å²) in [5.41, 5.74) is 1.58. The number of hydrogen-bond acceptors (Lipinski definition) is 3. The largest absolute Gasteiger partial charge is 0.367 e. The molecule has 0 bridgehead atoms. The Balaban J connectivity index is 2.05. The van der Waals surface area contributed by atoms with Gasteiger partial charge in [-0.25, -0.2) is 4.98 Å². The van der Waals surface area contributed by atoms with Gasteiger partial charge in [0.1, 0.15) is 5.82 Å². The summed E-state index contributed by atoms with van der Waals surface area (Å²) in [6.45, 7) is 4.12. The molecule has 1 heterocycles. The Morgan fingerprint density at radius 2 is 2.29 bits per heavy atom. The molecule has 17 heavy (non-hydrogen) atoms. The standard InChI is InChI=1S/C14H19N3/c1-3-13(7-11-4-5-11)17-14-8-12(9-15)6-10(2)16-14/h6,8,11,13H,3-5,7H2,1-2H3,(H,16,17). The fourth-order valence-electron chi connectivity index (χ4n) is 2.10. The van der Waals surface area contributed by atoms with Crippen molar-refractivity contribution in [2.45, 2.75) is 45.6 Å². The number of rotatable bonds is 5. The van der Waals surface area contributed by atoms with E-state index in [1.54, 1.807) is 0 Å². The van der Waals surface area contributed by atoms with Gasteiger partial charge in [-0.3, -0.25) is 0 Å². The minimum absolute atomic E-state index is 0.489. The van der Waals surface area contributed by atoms with Gasteiger partial charge in [0.15, 0.2) is 0 Å². The molecule has 0 amide bonds. The Morgan fingerprint density at radius 1 is 1.53 bits per heavy atom. The Kier molecular flexibility index (Phi) is 3.63. The fourth-order valence-corrected chi connectivity index (χ4v) is 2.10. The van der Waals surface area contributed by atoms with E-state index in [4.69, 9.17) is 5.26 Å². The molecule has 3 heteroatoms. The third-order valence-electron chi connectivity index (χ3n) is 3.24. The third-order valence-corrected chi connectivity index (χ3v) is 3.24. The lowest BCUT2D eigenvalue weighted by molar-refractivity contribution is 0.585. The zero-order valence-corrected chi connectivity index (χ0v) is 10.5. The second-order valence-corrected chi connectivity index (χ2v) is 4.92. The molecular weight excluding hydrogens is 210 g/mol. The van der Waals surface area contributed by atoms with Crippen molar-refractivity contribution < 1.29 is 0 Å². The van der Waals surface area contributed by atoms with Crippen molar-refractivity contribution in [3.05, 3.63) is 23.4 Å². The van der Waals surface area contributed by atoms with Crippen LogP contribution in [0.25, 0.3) is 0 Å². The van der Waals surface area contributed by atoms with Gasteiger partial charge in [-0.05, 0) is 37.8 Å². The molecule has 0 aliphatic heterocycles. The molecule has 1 fully saturated rings. The highest BCUT2D eigenvalue weighted by atomic mass is 15.0. The summed E-state index contributed by atoms with van der Waals surface area (Å²) in [5.74, 6) is 1.75. The molecule has 1 aliphatic rings. The van der Waals surface area contributed by atoms with Crippen LogP contribution in [-0.4, -0.2) is 11.0 Å². The summed E-state index contributed by atoms with van der Waals surface area (Å²) in [6, 6.07) is 6.31. The van der Waals surface area contributed by atoms with E-state index in [1.807, 2.05) is 19.1 Å². The van der Waals surface area contributed by atoms with Gasteiger partial charge in [-0.15, -0.1) is 0 Å². The molecule has 1 aromatic rings. The minimum Gasteiger partial charge on any atom is -0.367 e. The van der Waals surface area contributed by atoms with Gasteiger partial charge in [-0.1, -0.05) is 19.8 Å². The summed E-state index contributed by atoms with van der Waals surface area (Å²) >= 11 is 0. The van der Waals surface area contributed by atoms with Crippen molar-refractivity contribution in [2.75, 3.05) is 5.32 Å². The maximum Gasteiger partial charge on any atom is 0.127 e. The number of nitrogens with zero attached hydrogens (tertiary/aromatic N) is 2. The Bertz CT molecular complexity index is 430. The van der Waals surface area contributed by atoms with Crippen molar-refractivity contribution in [2.24, 2.45) is 5.92 Å². The molecule has 0 radical (unpaired) electrons.